The van der Waals surface area contributed by atoms with E-state index in [4.69, 9.17) is 55.9 Å². The highest BCUT2D eigenvalue weighted by molar-refractivity contribution is 6.36. The molecule has 10 heteroatoms. The Morgan fingerprint density at radius 3 is 1.52 bits per heavy atom. The van der Waals surface area contributed by atoms with E-state index in [-0.39, 0.29) is 25.0 Å². The predicted molar refractivity (Wildman–Crippen MR) is 122 cm³/mol. The first-order valence-electron chi connectivity index (χ1n) is 9.55. The average Bonchev–Trinajstić information content (AvgIpc) is 2.98. The third-order valence-electron chi connectivity index (χ3n) is 4.69. The summed E-state index contributed by atoms with van der Waals surface area (Å²) >= 11 is 23.9. The Bertz CT molecular complexity index is 881. The molecule has 1 fully saturated rings. The minimum atomic E-state index is -0.176. The van der Waals surface area contributed by atoms with Gasteiger partial charge in [-0.05, 0) is 42.8 Å². The molecule has 0 saturated carbocycles. The van der Waals surface area contributed by atoms with Gasteiger partial charge in [0.05, 0.1) is 10.0 Å². The fraction of sp³-hybridized carbons (Fsp3) is 0.333. The molecule has 2 amide bonds. The monoisotopic (exact) mass is 504 g/mol. The average molecular weight is 506 g/mol. The van der Waals surface area contributed by atoms with Crippen molar-refractivity contribution in [1.29, 1.82) is 0 Å². The van der Waals surface area contributed by atoms with Gasteiger partial charge in [-0.2, -0.15) is 0 Å². The first-order chi connectivity index (χ1) is 14.8. The summed E-state index contributed by atoms with van der Waals surface area (Å²) in [6, 6.07) is 9.63. The number of nitrogens with zero attached hydrogens (tertiary/aromatic N) is 2. The lowest BCUT2D eigenvalue weighted by Gasteiger charge is -2.22. The van der Waals surface area contributed by atoms with Crippen molar-refractivity contribution in [3.05, 3.63) is 56.5 Å². The van der Waals surface area contributed by atoms with Crippen LogP contribution in [0.2, 0.25) is 20.1 Å². The molecule has 1 aliphatic rings. The van der Waals surface area contributed by atoms with Crippen LogP contribution in [0, 0.1) is 0 Å². The maximum Gasteiger partial charge on any atom is 0.260 e. The van der Waals surface area contributed by atoms with Gasteiger partial charge in [0.15, 0.2) is 13.2 Å². The number of hydrogen-bond donors (Lipinski definition) is 0. The SMILES string of the molecule is O=C(COc1ccc(Cl)cc1Cl)N1CCCN(C(=O)COc2ccc(Cl)cc2Cl)CC1. The molecular formula is C21H20Cl4N2O4. The molecule has 0 spiro atoms. The normalized spacial score (nSPS) is 14.2. The van der Waals surface area contributed by atoms with Gasteiger partial charge in [0.2, 0.25) is 0 Å². The molecule has 1 heterocycles. The van der Waals surface area contributed by atoms with Crippen LogP contribution in [-0.4, -0.2) is 61.0 Å². The van der Waals surface area contributed by atoms with Gasteiger partial charge in [-0.25, -0.2) is 0 Å². The van der Waals surface area contributed by atoms with Crippen LogP contribution in [0.1, 0.15) is 6.42 Å². The summed E-state index contributed by atoms with van der Waals surface area (Å²) in [4.78, 5) is 28.4. The zero-order valence-corrected chi connectivity index (χ0v) is 19.5. The van der Waals surface area contributed by atoms with Crippen molar-refractivity contribution in [3.63, 3.8) is 0 Å². The van der Waals surface area contributed by atoms with Gasteiger partial charge in [0.25, 0.3) is 11.8 Å². The van der Waals surface area contributed by atoms with Crippen LogP contribution >= 0.6 is 46.4 Å². The number of hydrogen-bond acceptors (Lipinski definition) is 4. The van der Waals surface area contributed by atoms with Crippen LogP contribution in [0.25, 0.3) is 0 Å². The second kappa shape index (κ2) is 11.1. The van der Waals surface area contributed by atoms with Crippen LogP contribution < -0.4 is 9.47 Å². The zero-order chi connectivity index (χ0) is 22.4. The molecule has 3 rings (SSSR count). The topological polar surface area (TPSA) is 59.1 Å². The summed E-state index contributed by atoms with van der Waals surface area (Å²) in [7, 11) is 0. The number of rotatable bonds is 6. The Morgan fingerprint density at radius 1 is 0.710 bits per heavy atom. The summed E-state index contributed by atoms with van der Waals surface area (Å²) in [5, 5.41) is 1.66. The van der Waals surface area contributed by atoms with E-state index in [0.717, 1.165) is 0 Å². The van der Waals surface area contributed by atoms with E-state index in [1.54, 1.807) is 46.2 Å². The molecule has 6 nitrogen and oxygen atoms in total. The Labute approximate surface area is 200 Å². The largest absolute Gasteiger partial charge is 0.482 e. The van der Waals surface area contributed by atoms with Gasteiger partial charge >= 0.3 is 0 Å². The Morgan fingerprint density at radius 2 is 1.13 bits per heavy atom. The second-order valence-corrected chi connectivity index (χ2v) is 8.53. The lowest BCUT2D eigenvalue weighted by Crippen LogP contribution is -2.40. The molecule has 0 aliphatic carbocycles. The zero-order valence-electron chi connectivity index (χ0n) is 16.5. The molecule has 31 heavy (non-hydrogen) atoms. The van der Waals surface area contributed by atoms with Gasteiger partial charge < -0.3 is 19.3 Å². The first kappa shape index (κ1) is 23.8. The number of benzene rings is 2. The fourth-order valence-electron chi connectivity index (χ4n) is 3.06. The summed E-state index contributed by atoms with van der Waals surface area (Å²) in [6.07, 6.45) is 0.654. The lowest BCUT2D eigenvalue weighted by molar-refractivity contribution is -0.135. The Kier molecular flexibility index (Phi) is 8.55. The van der Waals surface area contributed by atoms with E-state index >= 15 is 0 Å². The van der Waals surface area contributed by atoms with Crippen molar-refractivity contribution in [3.8, 4) is 11.5 Å². The van der Waals surface area contributed by atoms with Gasteiger partial charge in [-0.1, -0.05) is 46.4 Å². The molecule has 2 aromatic carbocycles. The molecule has 1 aliphatic heterocycles. The molecule has 0 radical (unpaired) electrons. The molecule has 0 N–H and O–H groups in total. The minimum absolute atomic E-state index is 0.145. The molecule has 1 saturated heterocycles. The third kappa shape index (κ3) is 6.81. The minimum Gasteiger partial charge on any atom is -0.482 e. The van der Waals surface area contributed by atoms with E-state index in [0.29, 0.717) is 64.2 Å². The first-order valence-corrected chi connectivity index (χ1v) is 11.1. The van der Waals surface area contributed by atoms with Crippen molar-refractivity contribution >= 4 is 58.2 Å². The molecule has 0 bridgehead atoms. The third-order valence-corrected chi connectivity index (χ3v) is 5.75. The lowest BCUT2D eigenvalue weighted by atomic mass is 10.3. The number of ether oxygens (including phenoxy) is 2. The fourth-order valence-corrected chi connectivity index (χ4v) is 3.99. The quantitative estimate of drug-likeness (QED) is 0.564. The van der Waals surface area contributed by atoms with Gasteiger partial charge in [-0.15, -0.1) is 0 Å². The van der Waals surface area contributed by atoms with Gasteiger partial charge in [-0.3, -0.25) is 9.59 Å². The van der Waals surface area contributed by atoms with Crippen LogP contribution in [0.4, 0.5) is 0 Å². The smallest absolute Gasteiger partial charge is 0.260 e. The van der Waals surface area contributed by atoms with Crippen LogP contribution in [0.3, 0.4) is 0 Å². The number of carbonyl (C=O) groups excluding carboxylic acids is 2. The van der Waals surface area contributed by atoms with Crippen molar-refractivity contribution in [2.75, 3.05) is 39.4 Å². The molecule has 2 aromatic rings. The van der Waals surface area contributed by atoms with Gasteiger partial charge in [0.1, 0.15) is 11.5 Å². The van der Waals surface area contributed by atoms with Crippen LogP contribution in [0.5, 0.6) is 11.5 Å². The summed E-state index contributed by atoms with van der Waals surface area (Å²) in [5.74, 6) is 0.433. The van der Waals surface area contributed by atoms with Crippen molar-refractivity contribution in [2.45, 2.75) is 6.42 Å². The Hall–Kier alpha value is -1.86. The van der Waals surface area contributed by atoms with Crippen molar-refractivity contribution in [1.82, 2.24) is 9.80 Å². The van der Waals surface area contributed by atoms with Crippen LogP contribution in [0.15, 0.2) is 36.4 Å². The van der Waals surface area contributed by atoms with Crippen LogP contribution in [-0.2, 0) is 9.59 Å². The molecular weight excluding hydrogens is 486 g/mol. The highest BCUT2D eigenvalue weighted by Crippen LogP contribution is 2.28. The van der Waals surface area contributed by atoms with E-state index in [2.05, 4.69) is 0 Å². The standard InChI is InChI=1S/C21H20Cl4N2O4/c22-14-2-4-18(16(24)10-14)30-12-20(28)26-6-1-7-27(9-8-26)21(29)13-31-19-5-3-15(23)11-17(19)25/h2-5,10-11H,1,6-9,12-13H2. The van der Waals surface area contributed by atoms with E-state index < -0.39 is 0 Å². The van der Waals surface area contributed by atoms with E-state index in [1.807, 2.05) is 0 Å². The number of carbonyl (C=O) groups is 2. The van der Waals surface area contributed by atoms with E-state index in [9.17, 15) is 9.59 Å². The van der Waals surface area contributed by atoms with E-state index in [1.165, 1.54) is 0 Å². The van der Waals surface area contributed by atoms with Crippen molar-refractivity contribution in [2.24, 2.45) is 0 Å². The maximum absolute atomic E-state index is 12.5. The highest BCUT2D eigenvalue weighted by atomic mass is 35.5. The molecule has 0 aromatic heterocycles. The van der Waals surface area contributed by atoms with Crippen molar-refractivity contribution < 1.29 is 19.1 Å². The number of amides is 2. The molecule has 0 atom stereocenters. The molecule has 0 unspecified atom stereocenters. The summed E-state index contributed by atoms with van der Waals surface area (Å²) in [5.41, 5.74) is 0. The number of halogens is 4. The molecule has 166 valence electrons. The van der Waals surface area contributed by atoms with Gasteiger partial charge in [0, 0.05) is 36.2 Å². The Balaban J connectivity index is 1.47. The summed E-state index contributed by atoms with van der Waals surface area (Å²) in [6.45, 7) is 1.59. The second-order valence-electron chi connectivity index (χ2n) is 6.84. The maximum atomic E-state index is 12.5. The summed E-state index contributed by atoms with van der Waals surface area (Å²) < 4.78 is 11.0. The predicted octanol–water partition coefficient (Wildman–Crippen LogP) is 4.82. The highest BCUT2D eigenvalue weighted by Gasteiger charge is 2.23.